The van der Waals surface area contributed by atoms with Crippen LogP contribution in [0.2, 0.25) is 5.02 Å². The number of benzene rings is 2. The van der Waals surface area contributed by atoms with Crippen molar-refractivity contribution in [1.29, 1.82) is 0 Å². The van der Waals surface area contributed by atoms with Gasteiger partial charge in [0.25, 0.3) is 11.7 Å². The smallest absolute Gasteiger partial charge is 0.295 e. The molecule has 2 aromatic carbocycles. The molecule has 3 aromatic rings. The molecule has 32 heavy (non-hydrogen) atoms. The first kappa shape index (κ1) is 20.1. The first-order valence-electron chi connectivity index (χ1n) is 9.86. The molecule has 2 aliphatic heterocycles. The second-order valence-electron chi connectivity index (χ2n) is 7.40. The number of nitrogens with zero attached hydrogens (tertiary/aromatic N) is 2. The van der Waals surface area contributed by atoms with Gasteiger partial charge in [-0.1, -0.05) is 23.7 Å². The van der Waals surface area contributed by atoms with Crippen molar-refractivity contribution in [3.8, 4) is 11.5 Å². The van der Waals surface area contributed by atoms with Gasteiger partial charge in [-0.15, -0.1) is 0 Å². The lowest BCUT2D eigenvalue weighted by atomic mass is 9.95. The molecule has 7 nitrogen and oxygen atoms in total. The molecule has 2 aliphatic rings. The van der Waals surface area contributed by atoms with Gasteiger partial charge >= 0.3 is 0 Å². The van der Waals surface area contributed by atoms with Crippen molar-refractivity contribution in [1.82, 2.24) is 9.88 Å². The lowest BCUT2D eigenvalue weighted by molar-refractivity contribution is -0.140. The van der Waals surface area contributed by atoms with Gasteiger partial charge in [-0.05, 0) is 53.6 Å². The summed E-state index contributed by atoms with van der Waals surface area (Å²) >= 11 is 6.05. The van der Waals surface area contributed by atoms with Crippen molar-refractivity contribution in [2.45, 2.75) is 12.6 Å². The minimum Gasteiger partial charge on any atom is -0.507 e. The standard InChI is InChI=1S/C24H17ClN2O5/c25-17-4-1-15(2-5-17)21-20(22(28)16-3-6-18-19(11-16)32-13-31-18)23(29)24(30)27(21)12-14-7-9-26-10-8-14/h1-11,21,28H,12-13H2/b22-20-. The molecular weight excluding hydrogens is 432 g/mol. The molecule has 0 aliphatic carbocycles. The molecule has 8 heteroatoms. The Kier molecular flexibility index (Phi) is 5.03. The minimum absolute atomic E-state index is 0.00486. The summed E-state index contributed by atoms with van der Waals surface area (Å²) in [5.41, 5.74) is 1.83. The average Bonchev–Trinajstić information content (AvgIpc) is 3.38. The van der Waals surface area contributed by atoms with E-state index >= 15 is 0 Å². The highest BCUT2D eigenvalue weighted by Gasteiger charge is 2.46. The number of carbonyl (C=O) groups excluding carboxylic acids is 2. The maximum absolute atomic E-state index is 13.1. The molecule has 0 radical (unpaired) electrons. The predicted molar refractivity (Wildman–Crippen MR) is 116 cm³/mol. The van der Waals surface area contributed by atoms with Crippen LogP contribution in [0, 0.1) is 0 Å². The summed E-state index contributed by atoms with van der Waals surface area (Å²) < 4.78 is 10.7. The Bertz CT molecular complexity index is 1240. The van der Waals surface area contributed by atoms with Gasteiger partial charge in [-0.2, -0.15) is 0 Å². The Morgan fingerprint density at radius 1 is 1.03 bits per heavy atom. The molecule has 3 heterocycles. The summed E-state index contributed by atoms with van der Waals surface area (Å²) in [6, 6.07) is 14.5. The molecule has 5 rings (SSSR count). The fourth-order valence-corrected chi connectivity index (χ4v) is 4.04. The second kappa shape index (κ2) is 8.01. The van der Waals surface area contributed by atoms with Crippen LogP contribution in [-0.4, -0.2) is 33.5 Å². The van der Waals surface area contributed by atoms with Gasteiger partial charge in [0, 0.05) is 29.5 Å². The minimum atomic E-state index is -0.786. The Labute approximate surface area is 188 Å². The van der Waals surface area contributed by atoms with E-state index in [0.29, 0.717) is 27.6 Å². The molecule has 1 saturated heterocycles. The maximum Gasteiger partial charge on any atom is 0.295 e. The predicted octanol–water partition coefficient (Wildman–Crippen LogP) is 4.09. The van der Waals surface area contributed by atoms with Crippen LogP contribution in [0.3, 0.4) is 0 Å². The molecule has 160 valence electrons. The third kappa shape index (κ3) is 3.46. The van der Waals surface area contributed by atoms with Crippen LogP contribution in [0.15, 0.2) is 72.6 Å². The fourth-order valence-electron chi connectivity index (χ4n) is 3.92. The van der Waals surface area contributed by atoms with Crippen LogP contribution in [-0.2, 0) is 16.1 Å². The number of hydrogen-bond acceptors (Lipinski definition) is 6. The number of ether oxygens (including phenoxy) is 2. The molecule has 1 fully saturated rings. The van der Waals surface area contributed by atoms with Crippen LogP contribution < -0.4 is 9.47 Å². The molecule has 1 N–H and O–H groups in total. The summed E-state index contributed by atoms with van der Waals surface area (Å²) in [5.74, 6) is -0.714. The molecule has 0 bridgehead atoms. The largest absolute Gasteiger partial charge is 0.507 e. The number of aromatic nitrogens is 1. The number of rotatable bonds is 4. The van der Waals surface area contributed by atoms with E-state index in [1.165, 1.54) is 4.90 Å². The Hall–Kier alpha value is -3.84. The summed E-state index contributed by atoms with van der Waals surface area (Å²) in [4.78, 5) is 31.6. The number of pyridine rings is 1. The quantitative estimate of drug-likeness (QED) is 0.367. The molecule has 0 spiro atoms. The third-order valence-corrected chi connectivity index (χ3v) is 5.73. The molecular formula is C24H17ClN2O5. The number of amides is 1. The van der Waals surface area contributed by atoms with Crippen molar-refractivity contribution in [3.63, 3.8) is 0 Å². The lowest BCUT2D eigenvalue weighted by Gasteiger charge is -2.25. The fraction of sp³-hybridized carbons (Fsp3) is 0.125. The zero-order valence-electron chi connectivity index (χ0n) is 16.7. The van der Waals surface area contributed by atoms with E-state index in [1.54, 1.807) is 67.0 Å². The topological polar surface area (TPSA) is 89.0 Å². The second-order valence-corrected chi connectivity index (χ2v) is 7.84. The van der Waals surface area contributed by atoms with E-state index < -0.39 is 17.7 Å². The normalized spacial score (nSPS) is 18.9. The number of aliphatic hydroxyl groups excluding tert-OH is 1. The Balaban J connectivity index is 1.64. The number of aliphatic hydroxyl groups is 1. The summed E-state index contributed by atoms with van der Waals surface area (Å²) in [6.45, 7) is 0.263. The van der Waals surface area contributed by atoms with E-state index in [1.807, 2.05) is 0 Å². The highest BCUT2D eigenvalue weighted by molar-refractivity contribution is 6.46. The van der Waals surface area contributed by atoms with Gasteiger partial charge in [0.2, 0.25) is 6.79 Å². The van der Waals surface area contributed by atoms with Gasteiger partial charge in [-0.25, -0.2) is 0 Å². The van der Waals surface area contributed by atoms with Gasteiger partial charge < -0.3 is 19.5 Å². The van der Waals surface area contributed by atoms with E-state index in [-0.39, 0.29) is 24.7 Å². The van der Waals surface area contributed by atoms with Crippen molar-refractivity contribution in [3.05, 3.63) is 94.3 Å². The van der Waals surface area contributed by atoms with Crippen LogP contribution in [0.4, 0.5) is 0 Å². The monoisotopic (exact) mass is 448 g/mol. The van der Waals surface area contributed by atoms with Crippen LogP contribution in [0.1, 0.15) is 22.7 Å². The van der Waals surface area contributed by atoms with E-state index in [2.05, 4.69) is 4.98 Å². The van der Waals surface area contributed by atoms with Crippen LogP contribution in [0.25, 0.3) is 5.76 Å². The highest BCUT2D eigenvalue weighted by atomic mass is 35.5. The number of fused-ring (bicyclic) bond motifs is 1. The number of Topliss-reactive ketones (excluding diaryl/α,β-unsaturated/α-hetero) is 1. The van der Waals surface area contributed by atoms with Crippen molar-refractivity contribution < 1.29 is 24.2 Å². The lowest BCUT2D eigenvalue weighted by Crippen LogP contribution is -2.29. The molecule has 1 atom stereocenters. The first-order chi connectivity index (χ1) is 15.5. The van der Waals surface area contributed by atoms with Crippen molar-refractivity contribution in [2.24, 2.45) is 0 Å². The van der Waals surface area contributed by atoms with Crippen molar-refractivity contribution >= 4 is 29.1 Å². The molecule has 0 saturated carbocycles. The Morgan fingerprint density at radius 3 is 2.50 bits per heavy atom. The van der Waals surface area contributed by atoms with E-state index in [0.717, 1.165) is 5.56 Å². The Morgan fingerprint density at radius 2 is 1.75 bits per heavy atom. The maximum atomic E-state index is 13.1. The van der Waals surface area contributed by atoms with Crippen molar-refractivity contribution in [2.75, 3.05) is 6.79 Å². The molecule has 1 aromatic heterocycles. The van der Waals surface area contributed by atoms with Crippen LogP contribution >= 0.6 is 11.6 Å². The number of hydrogen-bond donors (Lipinski definition) is 1. The zero-order valence-corrected chi connectivity index (χ0v) is 17.5. The van der Waals surface area contributed by atoms with Gasteiger partial charge in [0.05, 0.1) is 11.6 Å². The van der Waals surface area contributed by atoms with E-state index in [4.69, 9.17) is 21.1 Å². The summed E-state index contributed by atoms with van der Waals surface area (Å²) in [6.07, 6.45) is 3.24. The van der Waals surface area contributed by atoms with Gasteiger partial charge in [-0.3, -0.25) is 14.6 Å². The number of halogens is 1. The van der Waals surface area contributed by atoms with E-state index in [9.17, 15) is 14.7 Å². The molecule has 1 unspecified atom stereocenters. The highest BCUT2D eigenvalue weighted by Crippen LogP contribution is 2.42. The molecule has 1 amide bonds. The average molecular weight is 449 g/mol. The SMILES string of the molecule is O=C1C(=O)N(Cc2ccncc2)C(c2ccc(Cl)cc2)/C1=C(/O)c1ccc2c(c1)OCO2. The van der Waals surface area contributed by atoms with Crippen LogP contribution in [0.5, 0.6) is 11.5 Å². The number of ketones is 1. The number of likely N-dealkylation sites (tertiary alicyclic amines) is 1. The summed E-state index contributed by atoms with van der Waals surface area (Å²) in [7, 11) is 0. The van der Waals surface area contributed by atoms with Gasteiger partial charge in [0.1, 0.15) is 5.76 Å². The third-order valence-electron chi connectivity index (χ3n) is 5.47. The zero-order chi connectivity index (χ0) is 22.2. The first-order valence-corrected chi connectivity index (χ1v) is 10.2. The van der Waals surface area contributed by atoms with Gasteiger partial charge in [0.15, 0.2) is 11.5 Å². The summed E-state index contributed by atoms with van der Waals surface area (Å²) in [5, 5.41) is 11.7. The number of carbonyl (C=O) groups is 2.